The first-order chi connectivity index (χ1) is 13.7. The van der Waals surface area contributed by atoms with Crippen molar-refractivity contribution in [3.05, 3.63) is 35.1 Å². The molecule has 0 bridgehead atoms. The minimum absolute atomic E-state index is 0.170. The maximum Gasteiger partial charge on any atom is 0.254 e. The molecule has 1 saturated carbocycles. The summed E-state index contributed by atoms with van der Waals surface area (Å²) in [6.07, 6.45) is 3.76. The van der Waals surface area contributed by atoms with Crippen LogP contribution in [0.2, 0.25) is 0 Å². The highest BCUT2D eigenvalue weighted by molar-refractivity contribution is 7.88. The molecule has 2 atom stereocenters. The lowest BCUT2D eigenvalue weighted by molar-refractivity contribution is -0.125. The van der Waals surface area contributed by atoms with Gasteiger partial charge in [-0.3, -0.25) is 9.59 Å². The number of aryl methyl sites for hydroxylation is 1. The largest absolute Gasteiger partial charge is 0.354 e. The Morgan fingerprint density at radius 3 is 2.62 bits per heavy atom. The minimum Gasteiger partial charge on any atom is -0.354 e. The van der Waals surface area contributed by atoms with E-state index in [1.165, 1.54) is 10.4 Å². The third kappa shape index (κ3) is 4.95. The van der Waals surface area contributed by atoms with Crippen molar-refractivity contribution in [2.75, 3.05) is 32.4 Å². The van der Waals surface area contributed by atoms with Gasteiger partial charge in [-0.25, -0.2) is 12.8 Å². The van der Waals surface area contributed by atoms with E-state index in [0.29, 0.717) is 31.4 Å². The zero-order valence-corrected chi connectivity index (χ0v) is 17.7. The molecule has 0 aromatic heterocycles. The van der Waals surface area contributed by atoms with Crippen LogP contribution < -0.4 is 5.32 Å². The standard InChI is InChI=1S/C20H28FN3O4S/c1-14-7-8-15(13-17(14)21)20(26)23-10-4-11-24(29(2,27)28)18-6-3-5-16(18)19(25)22-9-12-23/h7-8,13,16,18H,3-6,9-12H2,1-2H3,(H,22,25). The van der Waals surface area contributed by atoms with Crippen molar-refractivity contribution in [2.45, 2.75) is 38.6 Å². The monoisotopic (exact) mass is 425 g/mol. The average molecular weight is 426 g/mol. The van der Waals surface area contributed by atoms with Crippen LogP contribution in [0.5, 0.6) is 0 Å². The quantitative estimate of drug-likeness (QED) is 0.779. The number of amides is 2. The number of benzene rings is 1. The molecule has 1 saturated heterocycles. The van der Waals surface area contributed by atoms with E-state index in [9.17, 15) is 22.4 Å². The summed E-state index contributed by atoms with van der Waals surface area (Å²) in [6.45, 7) is 2.77. The van der Waals surface area contributed by atoms with Crippen LogP contribution in [0, 0.1) is 18.7 Å². The number of sulfonamides is 1. The molecule has 2 aliphatic rings. The highest BCUT2D eigenvalue weighted by Crippen LogP contribution is 2.32. The molecular weight excluding hydrogens is 397 g/mol. The van der Waals surface area contributed by atoms with E-state index >= 15 is 0 Å². The van der Waals surface area contributed by atoms with Gasteiger partial charge in [-0.1, -0.05) is 12.5 Å². The number of rotatable bonds is 2. The molecule has 1 aromatic rings. The first-order valence-electron chi connectivity index (χ1n) is 9.98. The van der Waals surface area contributed by atoms with E-state index in [1.54, 1.807) is 24.0 Å². The summed E-state index contributed by atoms with van der Waals surface area (Å²) in [6, 6.07) is 4.02. The van der Waals surface area contributed by atoms with Crippen LogP contribution in [0.1, 0.15) is 41.6 Å². The van der Waals surface area contributed by atoms with E-state index in [2.05, 4.69) is 5.32 Å². The highest BCUT2D eigenvalue weighted by Gasteiger charge is 2.40. The van der Waals surface area contributed by atoms with Gasteiger partial charge in [0.05, 0.1) is 12.2 Å². The Kier molecular flexibility index (Phi) is 6.58. The van der Waals surface area contributed by atoms with Gasteiger partial charge < -0.3 is 10.2 Å². The maximum atomic E-state index is 13.9. The number of nitrogens with zero attached hydrogens (tertiary/aromatic N) is 2. The number of carbonyl (C=O) groups excluding carboxylic acids is 2. The van der Waals surface area contributed by atoms with Crippen LogP contribution in [0.3, 0.4) is 0 Å². The van der Waals surface area contributed by atoms with Gasteiger partial charge in [0.2, 0.25) is 15.9 Å². The SMILES string of the molecule is Cc1ccc(C(=O)N2CCCN(S(C)(=O)=O)C3CCCC3C(=O)NCC2)cc1F. The van der Waals surface area contributed by atoms with Gasteiger partial charge in [-0.05, 0) is 43.9 Å². The summed E-state index contributed by atoms with van der Waals surface area (Å²) >= 11 is 0. The number of nitrogens with one attached hydrogen (secondary N) is 1. The van der Waals surface area contributed by atoms with Crippen LogP contribution in [-0.4, -0.2) is 67.9 Å². The molecule has 1 aromatic carbocycles. The zero-order valence-electron chi connectivity index (χ0n) is 16.9. The molecule has 2 unspecified atom stereocenters. The number of fused-ring (bicyclic) bond motifs is 1. The molecule has 0 radical (unpaired) electrons. The number of carbonyl (C=O) groups is 2. The second kappa shape index (κ2) is 8.79. The van der Waals surface area contributed by atoms with E-state index in [0.717, 1.165) is 12.7 Å². The van der Waals surface area contributed by atoms with Crippen molar-refractivity contribution in [2.24, 2.45) is 5.92 Å². The summed E-state index contributed by atoms with van der Waals surface area (Å²) in [5, 5.41) is 2.85. The Bertz CT molecular complexity index is 890. The zero-order chi connectivity index (χ0) is 21.2. The topological polar surface area (TPSA) is 86.8 Å². The highest BCUT2D eigenvalue weighted by atomic mass is 32.2. The minimum atomic E-state index is -3.48. The lowest BCUT2D eigenvalue weighted by Crippen LogP contribution is -2.47. The summed E-state index contributed by atoms with van der Waals surface area (Å²) in [5.41, 5.74) is 0.702. The first kappa shape index (κ1) is 21.7. The van der Waals surface area contributed by atoms with Crippen molar-refractivity contribution < 1.29 is 22.4 Å². The van der Waals surface area contributed by atoms with Gasteiger partial charge in [0.1, 0.15) is 5.82 Å². The number of hydrogen-bond donors (Lipinski definition) is 1. The molecule has 7 nitrogen and oxygen atoms in total. The second-order valence-corrected chi connectivity index (χ2v) is 9.81. The molecule has 2 fully saturated rings. The number of hydrogen-bond acceptors (Lipinski definition) is 4. The van der Waals surface area contributed by atoms with Crippen LogP contribution in [0.25, 0.3) is 0 Å². The molecule has 0 spiro atoms. The van der Waals surface area contributed by atoms with Crippen molar-refractivity contribution in [3.63, 3.8) is 0 Å². The van der Waals surface area contributed by atoms with Crippen molar-refractivity contribution in [3.8, 4) is 0 Å². The van der Waals surface area contributed by atoms with Crippen LogP contribution in [0.4, 0.5) is 4.39 Å². The Morgan fingerprint density at radius 2 is 1.93 bits per heavy atom. The predicted molar refractivity (Wildman–Crippen MR) is 107 cm³/mol. The van der Waals surface area contributed by atoms with Gasteiger partial charge in [0, 0.05) is 37.8 Å². The smallest absolute Gasteiger partial charge is 0.254 e. The Balaban J connectivity index is 1.81. The first-order valence-corrected chi connectivity index (χ1v) is 11.8. The summed E-state index contributed by atoms with van der Waals surface area (Å²) < 4.78 is 40.0. The summed E-state index contributed by atoms with van der Waals surface area (Å²) in [4.78, 5) is 27.1. The van der Waals surface area contributed by atoms with Crippen molar-refractivity contribution in [1.82, 2.24) is 14.5 Å². The van der Waals surface area contributed by atoms with Gasteiger partial charge in [-0.15, -0.1) is 0 Å². The molecule has 1 aliphatic carbocycles. The van der Waals surface area contributed by atoms with E-state index in [1.807, 2.05) is 0 Å². The molecular formula is C20H28FN3O4S. The van der Waals surface area contributed by atoms with E-state index < -0.39 is 15.8 Å². The molecule has 3 rings (SSSR count). The molecule has 160 valence electrons. The molecule has 9 heteroatoms. The Hall–Kier alpha value is -2.00. The van der Waals surface area contributed by atoms with Crippen molar-refractivity contribution in [1.29, 1.82) is 0 Å². The fourth-order valence-electron chi connectivity index (χ4n) is 4.25. The fourth-order valence-corrected chi connectivity index (χ4v) is 5.46. The van der Waals surface area contributed by atoms with Crippen LogP contribution >= 0.6 is 0 Å². The van der Waals surface area contributed by atoms with Crippen LogP contribution in [0.15, 0.2) is 18.2 Å². The average Bonchev–Trinajstić information content (AvgIpc) is 3.12. The third-order valence-corrected chi connectivity index (χ3v) is 7.11. The lowest BCUT2D eigenvalue weighted by Gasteiger charge is -2.30. The predicted octanol–water partition coefficient (Wildman–Crippen LogP) is 1.53. The lowest BCUT2D eigenvalue weighted by atomic mass is 10.0. The van der Waals surface area contributed by atoms with Gasteiger partial charge >= 0.3 is 0 Å². The molecule has 1 heterocycles. The van der Waals surface area contributed by atoms with E-state index in [-0.39, 0.29) is 49.0 Å². The molecule has 29 heavy (non-hydrogen) atoms. The summed E-state index contributed by atoms with van der Waals surface area (Å²) in [5.74, 6) is -1.31. The van der Waals surface area contributed by atoms with E-state index in [4.69, 9.17) is 0 Å². The molecule has 1 N–H and O–H groups in total. The third-order valence-electron chi connectivity index (χ3n) is 5.81. The maximum absolute atomic E-state index is 13.9. The Labute approximate surface area is 171 Å². The normalized spacial score (nSPS) is 24.5. The van der Waals surface area contributed by atoms with Gasteiger partial charge in [0.25, 0.3) is 5.91 Å². The van der Waals surface area contributed by atoms with Crippen molar-refractivity contribution >= 4 is 21.8 Å². The van der Waals surface area contributed by atoms with Gasteiger partial charge in [0.15, 0.2) is 0 Å². The fraction of sp³-hybridized carbons (Fsp3) is 0.600. The molecule has 2 amide bonds. The van der Waals surface area contributed by atoms with Gasteiger partial charge in [-0.2, -0.15) is 4.31 Å². The second-order valence-electron chi connectivity index (χ2n) is 7.88. The van der Waals surface area contributed by atoms with Crippen LogP contribution in [-0.2, 0) is 14.8 Å². The summed E-state index contributed by atoms with van der Waals surface area (Å²) in [7, 11) is -3.48. The molecule has 1 aliphatic heterocycles. The number of halogens is 1. The Morgan fingerprint density at radius 1 is 1.17 bits per heavy atom.